The monoisotopic (exact) mass is 501 g/mol. The van der Waals surface area contributed by atoms with Crippen LogP contribution in [0.15, 0.2) is 30.3 Å². The molecule has 1 atom stereocenters. The van der Waals surface area contributed by atoms with E-state index < -0.39 is 17.1 Å². The Morgan fingerprint density at radius 3 is 2.42 bits per heavy atom. The number of carbonyl (C=O) groups excluding carboxylic acids is 1. The first-order chi connectivity index (χ1) is 15.4. The lowest BCUT2D eigenvalue weighted by Crippen LogP contribution is -2.42. The maximum absolute atomic E-state index is 14.1. The second-order valence-electron chi connectivity index (χ2n) is 7.94. The van der Waals surface area contributed by atoms with Gasteiger partial charge in [0.05, 0.1) is 11.3 Å². The van der Waals surface area contributed by atoms with E-state index in [-0.39, 0.29) is 28.4 Å². The van der Waals surface area contributed by atoms with Gasteiger partial charge in [0.25, 0.3) is 11.0 Å². The number of rotatable bonds is 7. The number of anilines is 1. The minimum atomic E-state index is -4.33. The molecule has 1 unspecified atom stereocenters. The van der Waals surface area contributed by atoms with Crippen LogP contribution in [0.5, 0.6) is 5.88 Å². The summed E-state index contributed by atoms with van der Waals surface area (Å²) in [5, 5.41) is 8.08. The van der Waals surface area contributed by atoms with Crippen LogP contribution in [0.4, 0.5) is 18.9 Å². The third-order valence-corrected chi connectivity index (χ3v) is 5.80. The lowest BCUT2D eigenvalue weighted by Gasteiger charge is -2.24. The summed E-state index contributed by atoms with van der Waals surface area (Å²) in [6.07, 6.45) is -2.59. The second kappa shape index (κ2) is 8.25. The number of nitrogens with one attached hydrogen (secondary N) is 1. The summed E-state index contributed by atoms with van der Waals surface area (Å²) >= 11 is 11.7. The Morgan fingerprint density at radius 1 is 1.21 bits per heavy atom. The Balaban J connectivity index is 1.72. The summed E-state index contributed by atoms with van der Waals surface area (Å²) in [6, 6.07) is 8.58. The molecule has 1 fully saturated rings. The molecule has 3 aromatic rings. The van der Waals surface area contributed by atoms with Gasteiger partial charge in [0.15, 0.2) is 11.0 Å². The minimum Gasteiger partial charge on any atom is -0.411 e. The van der Waals surface area contributed by atoms with E-state index in [9.17, 15) is 18.0 Å². The molecule has 0 aliphatic heterocycles. The smallest absolute Gasteiger partial charge is 0.411 e. The van der Waals surface area contributed by atoms with Crippen molar-refractivity contribution in [2.75, 3.05) is 5.32 Å². The molecule has 176 valence electrons. The molecule has 2 aromatic heterocycles. The summed E-state index contributed by atoms with van der Waals surface area (Å²) in [5.74, 6) is -0.591. The van der Waals surface area contributed by atoms with Crippen LogP contribution >= 0.6 is 23.2 Å². The van der Waals surface area contributed by atoms with Gasteiger partial charge in [0, 0.05) is 18.5 Å². The van der Waals surface area contributed by atoms with Crippen molar-refractivity contribution >= 4 is 34.8 Å². The fourth-order valence-corrected chi connectivity index (χ4v) is 3.54. The van der Waals surface area contributed by atoms with Crippen molar-refractivity contribution in [3.63, 3.8) is 0 Å². The summed E-state index contributed by atoms with van der Waals surface area (Å²) in [4.78, 5) is 12.7. The van der Waals surface area contributed by atoms with Gasteiger partial charge >= 0.3 is 6.11 Å². The highest BCUT2D eigenvalue weighted by Gasteiger charge is 2.54. The Labute approximate surface area is 197 Å². The number of aryl methyl sites for hydroxylation is 1. The standard InChI is InChI=1S/C21H20Cl2F3N5O2/c1-11-17(29-30(3)19(11)33-21(25,26)20(2,23)24)31-16(22)15(14(28-31)12-9-10-12)27-18(32)13-7-5-4-6-8-13/h4-8,12H,9-10H2,1-3H3,(H,27,32). The predicted molar refractivity (Wildman–Crippen MR) is 117 cm³/mol. The largest absolute Gasteiger partial charge is 0.448 e. The molecule has 0 saturated heterocycles. The van der Waals surface area contributed by atoms with Gasteiger partial charge < -0.3 is 10.1 Å². The maximum Gasteiger partial charge on any atom is 0.448 e. The summed E-state index contributed by atoms with van der Waals surface area (Å²) < 4.78 is 48.7. The van der Waals surface area contributed by atoms with Crippen LogP contribution in [-0.4, -0.2) is 36.7 Å². The third kappa shape index (κ3) is 4.41. The maximum atomic E-state index is 14.1. The number of aromatic nitrogens is 4. The summed E-state index contributed by atoms with van der Waals surface area (Å²) in [5.41, 5.74) is 1.46. The molecule has 0 bridgehead atoms. The first-order valence-corrected chi connectivity index (χ1v) is 10.8. The number of carbonyl (C=O) groups is 1. The van der Waals surface area contributed by atoms with Gasteiger partial charge in [-0.2, -0.15) is 18.6 Å². The lowest BCUT2D eigenvalue weighted by molar-refractivity contribution is -0.233. The number of benzene rings is 1. The van der Waals surface area contributed by atoms with E-state index in [4.69, 9.17) is 23.2 Å². The fourth-order valence-electron chi connectivity index (χ4n) is 3.24. The molecule has 1 aromatic carbocycles. The third-order valence-electron chi connectivity index (χ3n) is 5.23. The number of ether oxygens (including phenoxy) is 1. The molecule has 1 aliphatic carbocycles. The highest BCUT2D eigenvalue weighted by Crippen LogP contribution is 2.46. The van der Waals surface area contributed by atoms with Crippen LogP contribution in [-0.2, 0) is 7.05 Å². The van der Waals surface area contributed by atoms with Crippen molar-refractivity contribution < 1.29 is 22.7 Å². The number of hydrogen-bond donors (Lipinski definition) is 1. The SMILES string of the molecule is Cc1c(-n2nc(C3CC3)c(NC(=O)c3ccccc3)c2Cl)nn(C)c1OC(F)(F)C(C)(F)Cl. The van der Waals surface area contributed by atoms with Crippen molar-refractivity contribution in [3.8, 4) is 11.7 Å². The van der Waals surface area contributed by atoms with E-state index in [1.165, 1.54) is 18.7 Å². The summed E-state index contributed by atoms with van der Waals surface area (Å²) in [6.45, 7) is 1.95. The topological polar surface area (TPSA) is 74.0 Å². The van der Waals surface area contributed by atoms with Crippen molar-refractivity contribution in [1.29, 1.82) is 0 Å². The van der Waals surface area contributed by atoms with Crippen LogP contribution in [0, 0.1) is 6.92 Å². The van der Waals surface area contributed by atoms with Crippen molar-refractivity contribution in [3.05, 3.63) is 52.3 Å². The van der Waals surface area contributed by atoms with Gasteiger partial charge in [-0.15, -0.1) is 5.10 Å². The fraction of sp³-hybridized carbons (Fsp3) is 0.381. The van der Waals surface area contributed by atoms with E-state index in [1.807, 2.05) is 0 Å². The summed E-state index contributed by atoms with van der Waals surface area (Å²) in [7, 11) is 1.35. The highest BCUT2D eigenvalue weighted by molar-refractivity contribution is 6.33. The molecule has 1 aliphatic rings. The van der Waals surface area contributed by atoms with Crippen LogP contribution in [0.2, 0.25) is 5.15 Å². The highest BCUT2D eigenvalue weighted by atomic mass is 35.5. The molecule has 1 amide bonds. The Hall–Kier alpha value is -2.72. The molecule has 7 nitrogen and oxygen atoms in total. The Morgan fingerprint density at radius 2 is 1.85 bits per heavy atom. The molecule has 33 heavy (non-hydrogen) atoms. The average molecular weight is 502 g/mol. The normalized spacial score (nSPS) is 15.9. The van der Waals surface area contributed by atoms with Crippen molar-refractivity contribution in [2.24, 2.45) is 7.05 Å². The van der Waals surface area contributed by atoms with Crippen molar-refractivity contribution in [1.82, 2.24) is 19.6 Å². The molecule has 0 radical (unpaired) electrons. The number of hydrogen-bond acceptors (Lipinski definition) is 4. The van der Waals surface area contributed by atoms with E-state index in [0.717, 1.165) is 17.5 Å². The zero-order chi connectivity index (χ0) is 24.1. The predicted octanol–water partition coefficient (Wildman–Crippen LogP) is 5.59. The Kier molecular flexibility index (Phi) is 5.86. The second-order valence-corrected chi connectivity index (χ2v) is 9.01. The molecule has 1 N–H and O–H groups in total. The molecule has 12 heteroatoms. The van der Waals surface area contributed by atoms with Gasteiger partial charge in [-0.3, -0.25) is 4.79 Å². The number of amides is 1. The zero-order valence-electron chi connectivity index (χ0n) is 17.9. The molecular formula is C21H20Cl2F3N5O2. The van der Waals surface area contributed by atoms with Gasteiger partial charge in [0.2, 0.25) is 5.88 Å². The lowest BCUT2D eigenvalue weighted by atomic mass is 10.2. The van der Waals surface area contributed by atoms with Gasteiger partial charge in [-0.1, -0.05) is 41.4 Å². The van der Waals surface area contributed by atoms with Crippen LogP contribution in [0.3, 0.4) is 0 Å². The van der Waals surface area contributed by atoms with Crippen LogP contribution in [0.1, 0.15) is 47.3 Å². The molecular weight excluding hydrogens is 482 g/mol. The van der Waals surface area contributed by atoms with Gasteiger partial charge in [0.1, 0.15) is 5.69 Å². The van der Waals surface area contributed by atoms with Crippen molar-refractivity contribution in [2.45, 2.75) is 43.8 Å². The number of halogens is 5. The van der Waals surface area contributed by atoms with Crippen LogP contribution < -0.4 is 10.1 Å². The first-order valence-electron chi connectivity index (χ1n) is 10.0. The van der Waals surface area contributed by atoms with Gasteiger partial charge in [-0.05, 0) is 38.8 Å². The number of alkyl halides is 4. The Bertz CT molecular complexity index is 1200. The quantitative estimate of drug-likeness (QED) is 0.428. The first kappa shape index (κ1) is 23.4. The zero-order valence-corrected chi connectivity index (χ0v) is 19.4. The van der Waals surface area contributed by atoms with Gasteiger partial charge in [-0.25, -0.2) is 9.07 Å². The average Bonchev–Trinajstić information content (AvgIpc) is 3.50. The molecule has 2 heterocycles. The molecule has 0 spiro atoms. The molecule has 1 saturated carbocycles. The van der Waals surface area contributed by atoms with Crippen LogP contribution in [0.25, 0.3) is 5.82 Å². The van der Waals surface area contributed by atoms with E-state index in [2.05, 4.69) is 20.3 Å². The minimum absolute atomic E-state index is 0.0494. The van der Waals surface area contributed by atoms with E-state index >= 15 is 0 Å². The number of nitrogens with zero attached hydrogens (tertiary/aromatic N) is 4. The van der Waals surface area contributed by atoms with E-state index in [1.54, 1.807) is 30.3 Å². The molecule has 4 rings (SSSR count). The van der Waals surface area contributed by atoms with E-state index in [0.29, 0.717) is 23.9 Å².